The fraction of sp³-hybridized carbons (Fsp3) is 0.929. The number of guanidine groups is 1. The number of hydrogen-bond acceptors (Lipinski definition) is 1. The first-order valence-electron chi connectivity index (χ1n) is 7.53. The van der Waals surface area contributed by atoms with Crippen LogP contribution in [0.25, 0.3) is 0 Å². The lowest BCUT2D eigenvalue weighted by Crippen LogP contribution is -2.40. The molecule has 0 radical (unpaired) electrons. The van der Waals surface area contributed by atoms with Crippen molar-refractivity contribution in [1.29, 1.82) is 0 Å². The lowest BCUT2D eigenvalue weighted by Gasteiger charge is -2.22. The van der Waals surface area contributed by atoms with Gasteiger partial charge >= 0.3 is 6.18 Å². The molecule has 2 aliphatic rings. The number of alkyl halides is 3. The highest BCUT2D eigenvalue weighted by molar-refractivity contribution is 14.0. The molecule has 0 aliphatic heterocycles. The van der Waals surface area contributed by atoms with Crippen LogP contribution in [0.5, 0.6) is 0 Å². The Morgan fingerprint density at radius 1 is 1.19 bits per heavy atom. The molecule has 0 bridgehead atoms. The van der Waals surface area contributed by atoms with E-state index in [9.17, 15) is 13.2 Å². The van der Waals surface area contributed by atoms with Gasteiger partial charge in [0.05, 0.1) is 6.42 Å². The van der Waals surface area contributed by atoms with Crippen LogP contribution in [0.1, 0.15) is 44.9 Å². The van der Waals surface area contributed by atoms with E-state index in [0.29, 0.717) is 17.9 Å². The summed E-state index contributed by atoms with van der Waals surface area (Å²) in [5, 5.41) is 5.99. The molecule has 2 rings (SSSR count). The molecule has 2 fully saturated rings. The first kappa shape index (κ1) is 18.8. The molecule has 0 saturated heterocycles. The van der Waals surface area contributed by atoms with Crippen molar-refractivity contribution in [2.24, 2.45) is 16.8 Å². The number of rotatable bonds is 4. The van der Waals surface area contributed by atoms with Gasteiger partial charge in [-0.15, -0.1) is 24.0 Å². The van der Waals surface area contributed by atoms with E-state index in [0.717, 1.165) is 12.3 Å². The number of hydrogen-bond donors (Lipinski definition) is 2. The second-order valence-electron chi connectivity index (χ2n) is 5.91. The molecule has 2 N–H and O–H groups in total. The third kappa shape index (κ3) is 6.61. The minimum Gasteiger partial charge on any atom is -0.356 e. The highest BCUT2D eigenvalue weighted by atomic mass is 127. The van der Waals surface area contributed by atoms with Crippen molar-refractivity contribution in [2.75, 3.05) is 13.6 Å². The van der Waals surface area contributed by atoms with Gasteiger partial charge in [0, 0.05) is 19.6 Å². The molecule has 0 aromatic rings. The van der Waals surface area contributed by atoms with Gasteiger partial charge in [0.15, 0.2) is 5.96 Å². The van der Waals surface area contributed by atoms with Crippen molar-refractivity contribution in [2.45, 2.75) is 57.2 Å². The third-order valence-corrected chi connectivity index (χ3v) is 4.34. The summed E-state index contributed by atoms with van der Waals surface area (Å²) in [7, 11) is 1.60. The van der Waals surface area contributed by atoms with Gasteiger partial charge in [-0.25, -0.2) is 0 Å². The maximum Gasteiger partial charge on any atom is 0.390 e. The third-order valence-electron chi connectivity index (χ3n) is 4.34. The van der Waals surface area contributed by atoms with Gasteiger partial charge in [0.1, 0.15) is 0 Å². The Morgan fingerprint density at radius 2 is 1.86 bits per heavy atom. The van der Waals surface area contributed by atoms with Crippen molar-refractivity contribution in [3.8, 4) is 0 Å². The zero-order chi connectivity index (χ0) is 14.6. The van der Waals surface area contributed by atoms with Crippen molar-refractivity contribution < 1.29 is 13.2 Å². The predicted octanol–water partition coefficient (Wildman–Crippen LogP) is 3.69. The van der Waals surface area contributed by atoms with Crippen LogP contribution in [0.15, 0.2) is 4.99 Å². The molecule has 21 heavy (non-hydrogen) atoms. The molecule has 2 unspecified atom stereocenters. The topological polar surface area (TPSA) is 36.4 Å². The van der Waals surface area contributed by atoms with Crippen LogP contribution in [0.4, 0.5) is 13.2 Å². The van der Waals surface area contributed by atoms with E-state index in [1.807, 2.05) is 0 Å². The van der Waals surface area contributed by atoms with E-state index in [4.69, 9.17) is 0 Å². The van der Waals surface area contributed by atoms with Gasteiger partial charge in [-0.3, -0.25) is 4.99 Å². The normalized spacial score (nSPS) is 27.0. The minimum absolute atomic E-state index is 0. The van der Waals surface area contributed by atoms with Crippen molar-refractivity contribution in [3.05, 3.63) is 0 Å². The van der Waals surface area contributed by atoms with Crippen molar-refractivity contribution in [3.63, 3.8) is 0 Å². The maximum absolute atomic E-state index is 12.1. The SMILES string of the molecule is CN=C(NCCC(F)(F)F)NC1CC1C1CCCCC1.I. The van der Waals surface area contributed by atoms with Gasteiger partial charge < -0.3 is 10.6 Å². The molecule has 0 spiro atoms. The molecule has 0 aromatic carbocycles. The number of nitrogens with zero attached hydrogens (tertiary/aromatic N) is 1. The summed E-state index contributed by atoms with van der Waals surface area (Å²) >= 11 is 0. The zero-order valence-electron chi connectivity index (χ0n) is 12.4. The summed E-state index contributed by atoms with van der Waals surface area (Å²) in [5.41, 5.74) is 0. The smallest absolute Gasteiger partial charge is 0.356 e. The average molecular weight is 419 g/mol. The molecule has 0 heterocycles. The minimum atomic E-state index is -4.12. The molecule has 2 atom stereocenters. The van der Waals surface area contributed by atoms with Gasteiger partial charge in [-0.2, -0.15) is 13.2 Å². The Hall–Kier alpha value is -0.210. The highest BCUT2D eigenvalue weighted by Crippen LogP contribution is 2.44. The molecule has 2 aliphatic carbocycles. The number of aliphatic imine (C=N–C) groups is 1. The van der Waals surface area contributed by atoms with Crippen molar-refractivity contribution in [1.82, 2.24) is 10.6 Å². The van der Waals surface area contributed by atoms with Crippen LogP contribution in [0, 0.1) is 11.8 Å². The quantitative estimate of drug-likeness (QED) is 0.415. The van der Waals surface area contributed by atoms with Crippen LogP contribution in [0.3, 0.4) is 0 Å². The van der Waals surface area contributed by atoms with Crippen LogP contribution < -0.4 is 10.6 Å². The molecule has 0 aromatic heterocycles. The van der Waals surface area contributed by atoms with Gasteiger partial charge in [-0.1, -0.05) is 32.1 Å². The molecule has 7 heteroatoms. The van der Waals surface area contributed by atoms with Crippen LogP contribution in [0.2, 0.25) is 0 Å². The standard InChI is InChI=1S/C14H24F3N3.HI/c1-18-13(19-8-7-14(15,16)17)20-12-9-11(12)10-5-3-2-4-6-10;/h10-12H,2-9H2,1H3,(H2,18,19,20);1H. The van der Waals surface area contributed by atoms with E-state index >= 15 is 0 Å². The number of halogens is 4. The lowest BCUT2D eigenvalue weighted by molar-refractivity contribution is -0.132. The summed E-state index contributed by atoms with van der Waals surface area (Å²) in [5.74, 6) is 1.99. The van der Waals surface area contributed by atoms with E-state index in [-0.39, 0.29) is 30.5 Å². The lowest BCUT2D eigenvalue weighted by atomic mass is 9.85. The van der Waals surface area contributed by atoms with E-state index < -0.39 is 12.6 Å². The molecular weight excluding hydrogens is 394 g/mol. The second-order valence-corrected chi connectivity index (χ2v) is 5.91. The monoisotopic (exact) mass is 419 g/mol. The Balaban J connectivity index is 0.00000220. The van der Waals surface area contributed by atoms with E-state index in [1.165, 1.54) is 32.1 Å². The van der Waals surface area contributed by atoms with Gasteiger partial charge in [0.2, 0.25) is 0 Å². The predicted molar refractivity (Wildman–Crippen MR) is 89.1 cm³/mol. The van der Waals surface area contributed by atoms with E-state index in [2.05, 4.69) is 15.6 Å². The summed E-state index contributed by atoms with van der Waals surface area (Å²) in [6.07, 6.45) is 2.80. The largest absolute Gasteiger partial charge is 0.390 e. The summed E-state index contributed by atoms with van der Waals surface area (Å²) in [6, 6.07) is 0.398. The zero-order valence-corrected chi connectivity index (χ0v) is 14.7. The molecule has 3 nitrogen and oxygen atoms in total. The van der Waals surface area contributed by atoms with Crippen LogP contribution >= 0.6 is 24.0 Å². The Bertz CT molecular complexity index is 341. The maximum atomic E-state index is 12.1. The fourth-order valence-electron chi connectivity index (χ4n) is 3.16. The summed E-state index contributed by atoms with van der Waals surface area (Å²) < 4.78 is 36.3. The number of nitrogens with one attached hydrogen (secondary N) is 2. The Labute approximate surface area is 141 Å². The molecule has 124 valence electrons. The molecule has 0 amide bonds. The van der Waals surface area contributed by atoms with Crippen LogP contribution in [-0.2, 0) is 0 Å². The summed E-state index contributed by atoms with van der Waals surface area (Å²) in [6.45, 7) is -0.121. The Morgan fingerprint density at radius 3 is 2.43 bits per heavy atom. The van der Waals surface area contributed by atoms with Crippen LogP contribution in [-0.4, -0.2) is 31.8 Å². The van der Waals surface area contributed by atoms with Gasteiger partial charge in [-0.05, 0) is 18.3 Å². The summed E-state index contributed by atoms with van der Waals surface area (Å²) in [4.78, 5) is 3.99. The highest BCUT2D eigenvalue weighted by Gasteiger charge is 2.43. The fourth-order valence-corrected chi connectivity index (χ4v) is 3.16. The second kappa shape index (κ2) is 8.43. The average Bonchev–Trinajstić information content (AvgIpc) is 3.16. The van der Waals surface area contributed by atoms with Crippen molar-refractivity contribution >= 4 is 29.9 Å². The first-order valence-corrected chi connectivity index (χ1v) is 7.53. The van der Waals surface area contributed by atoms with E-state index in [1.54, 1.807) is 7.05 Å². The molecule has 2 saturated carbocycles. The molecular formula is C14H25F3IN3. The Kier molecular flexibility index (Phi) is 7.56. The first-order chi connectivity index (χ1) is 9.49. The van der Waals surface area contributed by atoms with Gasteiger partial charge in [0.25, 0.3) is 0 Å².